The highest BCUT2D eigenvalue weighted by Gasteiger charge is 2.10. The fourth-order valence-electron chi connectivity index (χ4n) is 2.04. The van der Waals surface area contributed by atoms with Crippen LogP contribution in [-0.4, -0.2) is 39.8 Å². The largest absolute Gasteiger partial charge is 0.372 e. The van der Waals surface area contributed by atoms with Crippen molar-refractivity contribution in [1.29, 1.82) is 0 Å². The zero-order chi connectivity index (χ0) is 15.9. The third-order valence-electron chi connectivity index (χ3n) is 3.19. The molecule has 2 N–H and O–H groups in total. The van der Waals surface area contributed by atoms with Gasteiger partial charge >= 0.3 is 0 Å². The van der Waals surface area contributed by atoms with Gasteiger partial charge in [-0.2, -0.15) is 0 Å². The van der Waals surface area contributed by atoms with Crippen LogP contribution in [0.25, 0.3) is 0 Å². The Labute approximate surface area is 128 Å². The number of hydrogen-bond acceptors (Lipinski definition) is 4. The van der Waals surface area contributed by atoms with E-state index in [-0.39, 0.29) is 11.8 Å². The SMILES string of the molecule is CCN(CC)c1ccc(NS(=O)(=O)CCNC(C)C)cc1. The molecule has 0 aliphatic carbocycles. The molecule has 0 unspecified atom stereocenters. The Balaban J connectivity index is 2.62. The molecular weight excluding hydrogens is 286 g/mol. The normalized spacial score (nSPS) is 11.7. The molecule has 0 amide bonds. The van der Waals surface area contributed by atoms with Gasteiger partial charge < -0.3 is 10.2 Å². The Bertz CT molecular complexity index is 508. The van der Waals surface area contributed by atoms with Crippen molar-refractivity contribution < 1.29 is 8.42 Å². The van der Waals surface area contributed by atoms with E-state index in [2.05, 4.69) is 28.8 Å². The van der Waals surface area contributed by atoms with E-state index in [1.807, 2.05) is 26.0 Å². The molecule has 0 saturated heterocycles. The maximum absolute atomic E-state index is 12.0. The highest BCUT2D eigenvalue weighted by atomic mass is 32.2. The summed E-state index contributed by atoms with van der Waals surface area (Å²) < 4.78 is 26.5. The molecule has 0 radical (unpaired) electrons. The quantitative estimate of drug-likeness (QED) is 0.734. The van der Waals surface area contributed by atoms with Crippen LogP contribution in [0.3, 0.4) is 0 Å². The maximum atomic E-state index is 12.0. The lowest BCUT2D eigenvalue weighted by Gasteiger charge is -2.21. The summed E-state index contributed by atoms with van der Waals surface area (Å²) in [5.41, 5.74) is 1.71. The van der Waals surface area contributed by atoms with Crippen molar-refractivity contribution in [3.8, 4) is 0 Å². The topological polar surface area (TPSA) is 61.4 Å². The summed E-state index contributed by atoms with van der Waals surface area (Å²) in [6, 6.07) is 7.78. The zero-order valence-electron chi connectivity index (χ0n) is 13.4. The first-order valence-electron chi connectivity index (χ1n) is 7.46. The average Bonchev–Trinajstić information content (AvgIpc) is 2.41. The number of anilines is 2. The molecule has 1 aromatic carbocycles. The fourth-order valence-corrected chi connectivity index (χ4v) is 3.03. The zero-order valence-corrected chi connectivity index (χ0v) is 14.2. The van der Waals surface area contributed by atoms with E-state index in [0.29, 0.717) is 12.2 Å². The molecule has 0 aliphatic rings. The fraction of sp³-hybridized carbons (Fsp3) is 0.600. The lowest BCUT2D eigenvalue weighted by Crippen LogP contribution is -2.30. The van der Waals surface area contributed by atoms with Crippen molar-refractivity contribution in [2.75, 3.05) is 35.0 Å². The molecule has 0 aromatic heterocycles. The first kappa shape index (κ1) is 17.8. The standard InChI is InChI=1S/C15H27N3O2S/c1-5-18(6-2)15-9-7-14(8-10-15)17-21(19,20)12-11-16-13(3)4/h7-10,13,16-17H,5-6,11-12H2,1-4H3. The van der Waals surface area contributed by atoms with E-state index >= 15 is 0 Å². The highest BCUT2D eigenvalue weighted by molar-refractivity contribution is 7.92. The number of nitrogens with zero attached hydrogens (tertiary/aromatic N) is 1. The van der Waals surface area contributed by atoms with Crippen LogP contribution in [0.4, 0.5) is 11.4 Å². The van der Waals surface area contributed by atoms with E-state index in [0.717, 1.165) is 18.8 Å². The van der Waals surface area contributed by atoms with Crippen LogP contribution in [0.1, 0.15) is 27.7 Å². The summed E-state index contributed by atoms with van der Waals surface area (Å²) in [6.07, 6.45) is 0. The van der Waals surface area contributed by atoms with Gasteiger partial charge in [-0.3, -0.25) is 4.72 Å². The Morgan fingerprint density at radius 3 is 2.14 bits per heavy atom. The van der Waals surface area contributed by atoms with E-state index < -0.39 is 10.0 Å². The van der Waals surface area contributed by atoms with Crippen molar-refractivity contribution in [3.63, 3.8) is 0 Å². The first-order valence-corrected chi connectivity index (χ1v) is 9.12. The molecule has 120 valence electrons. The molecule has 0 saturated carbocycles. The van der Waals surface area contributed by atoms with Gasteiger partial charge in [0.1, 0.15) is 0 Å². The summed E-state index contributed by atoms with van der Waals surface area (Å²) in [5.74, 6) is 0.0724. The molecule has 1 aromatic rings. The second kappa shape index (κ2) is 8.24. The minimum absolute atomic E-state index is 0.0724. The predicted molar refractivity (Wildman–Crippen MR) is 90.6 cm³/mol. The maximum Gasteiger partial charge on any atom is 0.233 e. The number of benzene rings is 1. The molecule has 0 bridgehead atoms. The van der Waals surface area contributed by atoms with E-state index in [4.69, 9.17) is 0 Å². The van der Waals surface area contributed by atoms with Crippen molar-refractivity contribution in [2.45, 2.75) is 33.7 Å². The van der Waals surface area contributed by atoms with Crippen LogP contribution < -0.4 is 14.9 Å². The summed E-state index contributed by atoms with van der Waals surface area (Å²) in [6.45, 7) is 10.5. The van der Waals surface area contributed by atoms with Crippen molar-refractivity contribution in [1.82, 2.24) is 5.32 Å². The number of hydrogen-bond donors (Lipinski definition) is 2. The summed E-state index contributed by atoms with van der Waals surface area (Å²) in [5, 5.41) is 3.10. The van der Waals surface area contributed by atoms with Crippen LogP contribution in [0.2, 0.25) is 0 Å². The Hall–Kier alpha value is -1.27. The third-order valence-corrected chi connectivity index (χ3v) is 4.48. The van der Waals surface area contributed by atoms with Crippen molar-refractivity contribution in [2.24, 2.45) is 0 Å². The van der Waals surface area contributed by atoms with Gasteiger partial charge in [-0.25, -0.2) is 8.42 Å². The molecule has 0 spiro atoms. The second-order valence-electron chi connectivity index (χ2n) is 5.25. The van der Waals surface area contributed by atoms with Gasteiger partial charge in [0.15, 0.2) is 0 Å². The van der Waals surface area contributed by atoms with Gasteiger partial charge in [0.25, 0.3) is 0 Å². The molecule has 21 heavy (non-hydrogen) atoms. The van der Waals surface area contributed by atoms with Gasteiger partial charge in [-0.1, -0.05) is 13.8 Å². The average molecular weight is 313 g/mol. The smallest absolute Gasteiger partial charge is 0.233 e. The minimum atomic E-state index is -3.30. The van der Waals surface area contributed by atoms with Crippen LogP contribution >= 0.6 is 0 Å². The van der Waals surface area contributed by atoms with E-state index in [1.165, 1.54) is 0 Å². The van der Waals surface area contributed by atoms with Crippen molar-refractivity contribution >= 4 is 21.4 Å². The lowest BCUT2D eigenvalue weighted by molar-refractivity contribution is 0.582. The molecule has 1 rings (SSSR count). The number of sulfonamides is 1. The number of nitrogens with one attached hydrogen (secondary N) is 2. The second-order valence-corrected chi connectivity index (χ2v) is 7.09. The van der Waals surface area contributed by atoms with Crippen LogP contribution in [0.5, 0.6) is 0 Å². The molecule has 5 nitrogen and oxygen atoms in total. The molecule has 0 heterocycles. The molecular formula is C15H27N3O2S. The molecule has 0 atom stereocenters. The van der Waals surface area contributed by atoms with Gasteiger partial charge in [-0.05, 0) is 38.1 Å². The van der Waals surface area contributed by atoms with Crippen LogP contribution in [0.15, 0.2) is 24.3 Å². The van der Waals surface area contributed by atoms with Gasteiger partial charge in [0.2, 0.25) is 10.0 Å². The summed E-state index contributed by atoms with van der Waals surface area (Å²) >= 11 is 0. The summed E-state index contributed by atoms with van der Waals surface area (Å²) in [4.78, 5) is 2.21. The number of rotatable bonds is 9. The van der Waals surface area contributed by atoms with Crippen LogP contribution in [0, 0.1) is 0 Å². The molecule has 6 heteroatoms. The third kappa shape index (κ3) is 6.35. The first-order chi connectivity index (χ1) is 9.88. The highest BCUT2D eigenvalue weighted by Crippen LogP contribution is 2.18. The minimum Gasteiger partial charge on any atom is -0.372 e. The van der Waals surface area contributed by atoms with Crippen LogP contribution in [-0.2, 0) is 10.0 Å². The predicted octanol–water partition coefficient (Wildman–Crippen LogP) is 2.27. The van der Waals surface area contributed by atoms with Gasteiger partial charge in [0, 0.05) is 37.1 Å². The molecule has 0 aliphatic heterocycles. The Morgan fingerprint density at radius 2 is 1.67 bits per heavy atom. The van der Waals surface area contributed by atoms with Gasteiger partial charge in [-0.15, -0.1) is 0 Å². The monoisotopic (exact) mass is 313 g/mol. The van der Waals surface area contributed by atoms with E-state index in [1.54, 1.807) is 12.1 Å². The van der Waals surface area contributed by atoms with Crippen molar-refractivity contribution in [3.05, 3.63) is 24.3 Å². The van der Waals surface area contributed by atoms with E-state index in [9.17, 15) is 8.42 Å². The Morgan fingerprint density at radius 1 is 1.10 bits per heavy atom. The molecule has 0 fully saturated rings. The lowest BCUT2D eigenvalue weighted by atomic mass is 10.2. The summed E-state index contributed by atoms with van der Waals surface area (Å²) in [7, 11) is -3.30. The Kier molecular flexibility index (Phi) is 6.98. The van der Waals surface area contributed by atoms with Gasteiger partial charge in [0.05, 0.1) is 5.75 Å².